The van der Waals surface area contributed by atoms with Gasteiger partial charge in [-0.05, 0) is 50.6 Å². The highest BCUT2D eigenvalue weighted by Crippen LogP contribution is 2.25. The first kappa shape index (κ1) is 13.5. The predicted molar refractivity (Wildman–Crippen MR) is 76.1 cm³/mol. The predicted octanol–water partition coefficient (Wildman–Crippen LogP) is 2.79. The van der Waals surface area contributed by atoms with Gasteiger partial charge in [-0.15, -0.1) is 0 Å². The molecule has 2 aromatic rings. The number of aromatic nitrogens is 2. The van der Waals surface area contributed by atoms with E-state index in [0.29, 0.717) is 5.82 Å². The first-order valence-corrected chi connectivity index (χ1v) is 6.27. The Morgan fingerprint density at radius 2 is 1.89 bits per heavy atom. The van der Waals surface area contributed by atoms with Gasteiger partial charge < -0.3 is 10.5 Å². The number of nitrogens with two attached hydrogens (primary N) is 1. The third-order valence-corrected chi connectivity index (χ3v) is 2.97. The standard InChI is InChI=1S/C15H19N3O/c1-9-7-12(5-6-14(9)19-4)13-8-10(2)17-15(18-13)11(3)16/h5-8,11H,16H2,1-4H3. The van der Waals surface area contributed by atoms with Gasteiger partial charge in [0.05, 0.1) is 18.8 Å². The molecule has 4 heteroatoms. The summed E-state index contributed by atoms with van der Waals surface area (Å²) in [7, 11) is 1.67. The molecule has 2 rings (SSSR count). The molecule has 0 aliphatic carbocycles. The molecule has 1 aromatic heterocycles. The van der Waals surface area contributed by atoms with E-state index in [1.165, 1.54) is 0 Å². The van der Waals surface area contributed by atoms with Crippen molar-refractivity contribution in [1.82, 2.24) is 9.97 Å². The van der Waals surface area contributed by atoms with E-state index in [4.69, 9.17) is 10.5 Å². The summed E-state index contributed by atoms with van der Waals surface area (Å²) in [6.07, 6.45) is 0. The zero-order valence-electron chi connectivity index (χ0n) is 11.8. The van der Waals surface area contributed by atoms with Crippen molar-refractivity contribution < 1.29 is 4.74 Å². The molecule has 2 N–H and O–H groups in total. The van der Waals surface area contributed by atoms with Crippen molar-refractivity contribution in [2.75, 3.05) is 7.11 Å². The zero-order valence-corrected chi connectivity index (χ0v) is 11.8. The molecule has 0 spiro atoms. The Hall–Kier alpha value is -1.94. The Morgan fingerprint density at radius 3 is 2.47 bits per heavy atom. The van der Waals surface area contributed by atoms with Crippen molar-refractivity contribution >= 4 is 0 Å². The van der Waals surface area contributed by atoms with Gasteiger partial charge in [-0.3, -0.25) is 0 Å². The van der Waals surface area contributed by atoms with Crippen LogP contribution >= 0.6 is 0 Å². The molecular weight excluding hydrogens is 238 g/mol. The zero-order chi connectivity index (χ0) is 14.0. The second-order valence-electron chi connectivity index (χ2n) is 4.73. The maximum atomic E-state index is 5.86. The monoisotopic (exact) mass is 257 g/mol. The van der Waals surface area contributed by atoms with Crippen LogP contribution in [0.15, 0.2) is 24.3 Å². The van der Waals surface area contributed by atoms with Crippen LogP contribution < -0.4 is 10.5 Å². The molecule has 0 fully saturated rings. The molecule has 4 nitrogen and oxygen atoms in total. The van der Waals surface area contributed by atoms with Gasteiger partial charge >= 0.3 is 0 Å². The lowest BCUT2D eigenvalue weighted by molar-refractivity contribution is 0.412. The lowest BCUT2D eigenvalue weighted by Gasteiger charge is -2.10. The molecule has 19 heavy (non-hydrogen) atoms. The third kappa shape index (κ3) is 2.90. The summed E-state index contributed by atoms with van der Waals surface area (Å²) in [6, 6.07) is 7.81. The van der Waals surface area contributed by atoms with Crippen molar-refractivity contribution in [3.05, 3.63) is 41.3 Å². The number of hydrogen-bond donors (Lipinski definition) is 1. The van der Waals surface area contributed by atoms with E-state index in [0.717, 1.165) is 28.3 Å². The average Bonchev–Trinajstić information content (AvgIpc) is 2.37. The highest BCUT2D eigenvalue weighted by molar-refractivity contribution is 5.62. The quantitative estimate of drug-likeness (QED) is 0.918. The van der Waals surface area contributed by atoms with E-state index in [-0.39, 0.29) is 6.04 Å². The summed E-state index contributed by atoms with van der Waals surface area (Å²) in [4.78, 5) is 8.88. The molecule has 0 aliphatic heterocycles. The van der Waals surface area contributed by atoms with Crippen LogP contribution in [0.3, 0.4) is 0 Å². The first-order chi connectivity index (χ1) is 9.01. The minimum Gasteiger partial charge on any atom is -0.496 e. The number of ether oxygens (including phenoxy) is 1. The van der Waals surface area contributed by atoms with Gasteiger partial charge in [0.15, 0.2) is 0 Å². The molecule has 1 heterocycles. The summed E-state index contributed by atoms with van der Waals surface area (Å²) in [6.45, 7) is 5.86. The summed E-state index contributed by atoms with van der Waals surface area (Å²) in [5, 5.41) is 0. The number of methoxy groups -OCH3 is 1. The highest BCUT2D eigenvalue weighted by Gasteiger charge is 2.09. The number of rotatable bonds is 3. The first-order valence-electron chi connectivity index (χ1n) is 6.27. The largest absolute Gasteiger partial charge is 0.496 e. The Kier molecular flexibility index (Phi) is 3.81. The van der Waals surface area contributed by atoms with E-state index in [1.54, 1.807) is 7.11 Å². The fourth-order valence-electron chi connectivity index (χ4n) is 1.98. The molecule has 100 valence electrons. The van der Waals surface area contributed by atoms with Crippen LogP contribution in [-0.4, -0.2) is 17.1 Å². The van der Waals surface area contributed by atoms with E-state index >= 15 is 0 Å². The second kappa shape index (κ2) is 5.36. The Bertz CT molecular complexity index is 594. The molecule has 1 atom stereocenters. The van der Waals surface area contributed by atoms with Gasteiger partial charge in [-0.1, -0.05) is 0 Å². The van der Waals surface area contributed by atoms with Gasteiger partial charge in [0, 0.05) is 11.3 Å². The number of hydrogen-bond acceptors (Lipinski definition) is 4. The van der Waals surface area contributed by atoms with E-state index in [1.807, 2.05) is 39.0 Å². The number of benzene rings is 1. The van der Waals surface area contributed by atoms with Crippen LogP contribution in [0.1, 0.15) is 30.0 Å². The van der Waals surface area contributed by atoms with Gasteiger partial charge in [0.1, 0.15) is 11.6 Å². The van der Waals surface area contributed by atoms with Gasteiger partial charge in [0.25, 0.3) is 0 Å². The smallest absolute Gasteiger partial charge is 0.145 e. The summed E-state index contributed by atoms with van der Waals surface area (Å²) >= 11 is 0. The Labute approximate surface area is 113 Å². The van der Waals surface area contributed by atoms with Gasteiger partial charge in [-0.2, -0.15) is 0 Å². The Balaban J connectivity index is 2.49. The average molecular weight is 257 g/mol. The summed E-state index contributed by atoms with van der Waals surface area (Å²) < 4.78 is 5.27. The van der Waals surface area contributed by atoms with Crippen molar-refractivity contribution in [1.29, 1.82) is 0 Å². The SMILES string of the molecule is COc1ccc(-c2cc(C)nc(C(C)N)n2)cc1C. The lowest BCUT2D eigenvalue weighted by atomic mass is 10.1. The summed E-state index contributed by atoms with van der Waals surface area (Å²) in [5.74, 6) is 1.55. The second-order valence-corrected chi connectivity index (χ2v) is 4.73. The van der Waals surface area contributed by atoms with Crippen LogP contribution in [0.4, 0.5) is 0 Å². The molecule has 0 amide bonds. The molecule has 1 unspecified atom stereocenters. The van der Waals surface area contributed by atoms with Crippen molar-refractivity contribution in [2.45, 2.75) is 26.8 Å². The van der Waals surface area contributed by atoms with Crippen LogP contribution in [0, 0.1) is 13.8 Å². The fourth-order valence-corrected chi connectivity index (χ4v) is 1.98. The van der Waals surface area contributed by atoms with Crippen molar-refractivity contribution in [2.24, 2.45) is 5.73 Å². The molecule has 1 aromatic carbocycles. The van der Waals surface area contributed by atoms with Crippen LogP contribution in [0.2, 0.25) is 0 Å². The normalized spacial score (nSPS) is 12.3. The van der Waals surface area contributed by atoms with Crippen molar-refractivity contribution in [3.8, 4) is 17.0 Å². The molecular formula is C15H19N3O. The molecule has 0 saturated carbocycles. The van der Waals surface area contributed by atoms with E-state index in [2.05, 4.69) is 16.0 Å². The third-order valence-electron chi connectivity index (χ3n) is 2.97. The van der Waals surface area contributed by atoms with Crippen LogP contribution in [0.5, 0.6) is 5.75 Å². The maximum absolute atomic E-state index is 5.86. The minimum atomic E-state index is -0.169. The molecule has 0 saturated heterocycles. The Morgan fingerprint density at radius 1 is 1.16 bits per heavy atom. The lowest BCUT2D eigenvalue weighted by Crippen LogP contribution is -2.11. The topological polar surface area (TPSA) is 61.0 Å². The van der Waals surface area contributed by atoms with E-state index < -0.39 is 0 Å². The van der Waals surface area contributed by atoms with E-state index in [9.17, 15) is 0 Å². The van der Waals surface area contributed by atoms with Crippen molar-refractivity contribution in [3.63, 3.8) is 0 Å². The van der Waals surface area contributed by atoms with Crippen LogP contribution in [0.25, 0.3) is 11.3 Å². The maximum Gasteiger partial charge on any atom is 0.145 e. The molecule has 0 radical (unpaired) electrons. The highest BCUT2D eigenvalue weighted by atomic mass is 16.5. The summed E-state index contributed by atoms with van der Waals surface area (Å²) in [5.41, 5.74) is 9.81. The van der Waals surface area contributed by atoms with Crippen LogP contribution in [-0.2, 0) is 0 Å². The number of nitrogens with zero attached hydrogens (tertiary/aromatic N) is 2. The fraction of sp³-hybridized carbons (Fsp3) is 0.333. The molecule has 0 aliphatic rings. The number of aryl methyl sites for hydroxylation is 2. The van der Waals surface area contributed by atoms with Gasteiger partial charge in [-0.25, -0.2) is 9.97 Å². The van der Waals surface area contributed by atoms with Gasteiger partial charge in [0.2, 0.25) is 0 Å². The minimum absolute atomic E-state index is 0.169. The molecule has 0 bridgehead atoms.